The molecule has 0 aliphatic rings. The molecule has 88 valence electrons. The molecule has 1 aromatic rings. The fourth-order valence-electron chi connectivity index (χ4n) is 1.62. The topological polar surface area (TPSA) is 66.7 Å². The summed E-state index contributed by atoms with van der Waals surface area (Å²) in [6.07, 6.45) is 1.53. The summed E-state index contributed by atoms with van der Waals surface area (Å²) in [5.41, 5.74) is 0.827. The van der Waals surface area contributed by atoms with E-state index in [1.54, 1.807) is 31.2 Å². The minimum absolute atomic E-state index is 0.200. The van der Waals surface area contributed by atoms with Gasteiger partial charge in [0.2, 0.25) is 0 Å². The zero-order chi connectivity index (χ0) is 12.2. The Labute approximate surface area is 95.5 Å². The summed E-state index contributed by atoms with van der Waals surface area (Å²) in [5, 5.41) is 11.3. The SMILES string of the molecule is CCC(C(=NO)c1ccccc1)S(C)(=O)=O. The molecule has 16 heavy (non-hydrogen) atoms. The van der Waals surface area contributed by atoms with Crippen LogP contribution in [0.2, 0.25) is 0 Å². The van der Waals surface area contributed by atoms with Crippen molar-refractivity contribution in [3.63, 3.8) is 0 Å². The van der Waals surface area contributed by atoms with Crippen molar-refractivity contribution in [2.45, 2.75) is 18.6 Å². The van der Waals surface area contributed by atoms with Gasteiger partial charge in [0.05, 0.1) is 0 Å². The number of nitrogens with zero attached hydrogens (tertiary/aromatic N) is 1. The van der Waals surface area contributed by atoms with Crippen LogP contribution in [0.3, 0.4) is 0 Å². The van der Waals surface area contributed by atoms with Crippen molar-refractivity contribution in [2.24, 2.45) is 5.16 Å². The molecule has 0 saturated heterocycles. The Balaban J connectivity index is 3.19. The molecule has 1 atom stereocenters. The van der Waals surface area contributed by atoms with Crippen LogP contribution in [-0.2, 0) is 9.84 Å². The van der Waals surface area contributed by atoms with Crippen LogP contribution in [0.1, 0.15) is 18.9 Å². The van der Waals surface area contributed by atoms with Crippen LogP contribution in [0.25, 0.3) is 0 Å². The van der Waals surface area contributed by atoms with Gasteiger partial charge in [-0.3, -0.25) is 0 Å². The maximum atomic E-state index is 11.5. The lowest BCUT2D eigenvalue weighted by Crippen LogP contribution is -2.29. The van der Waals surface area contributed by atoms with Gasteiger partial charge in [-0.1, -0.05) is 42.4 Å². The van der Waals surface area contributed by atoms with Crippen molar-refractivity contribution in [3.05, 3.63) is 35.9 Å². The quantitative estimate of drug-likeness (QED) is 0.495. The van der Waals surface area contributed by atoms with Crippen LogP contribution in [-0.4, -0.2) is 30.8 Å². The van der Waals surface area contributed by atoms with Crippen molar-refractivity contribution >= 4 is 15.5 Å². The van der Waals surface area contributed by atoms with Gasteiger partial charge in [-0.25, -0.2) is 8.42 Å². The monoisotopic (exact) mass is 241 g/mol. The molecule has 1 rings (SSSR count). The van der Waals surface area contributed by atoms with Gasteiger partial charge in [0.1, 0.15) is 11.0 Å². The van der Waals surface area contributed by atoms with E-state index in [9.17, 15) is 8.42 Å². The largest absolute Gasteiger partial charge is 0.411 e. The molecule has 1 aromatic carbocycles. The predicted molar refractivity (Wildman–Crippen MR) is 63.7 cm³/mol. The predicted octanol–water partition coefficient (Wildman–Crippen LogP) is 1.69. The zero-order valence-electron chi connectivity index (χ0n) is 9.29. The molecule has 0 aromatic heterocycles. The van der Waals surface area contributed by atoms with Crippen LogP contribution < -0.4 is 0 Å². The minimum atomic E-state index is -3.27. The Kier molecular flexibility index (Phi) is 4.06. The summed E-state index contributed by atoms with van der Waals surface area (Å²) >= 11 is 0. The average molecular weight is 241 g/mol. The highest BCUT2D eigenvalue weighted by Gasteiger charge is 2.26. The second-order valence-electron chi connectivity index (χ2n) is 3.58. The lowest BCUT2D eigenvalue weighted by atomic mass is 10.1. The molecule has 0 aliphatic carbocycles. The average Bonchev–Trinajstić information content (AvgIpc) is 2.25. The van der Waals surface area contributed by atoms with E-state index in [2.05, 4.69) is 5.16 Å². The van der Waals surface area contributed by atoms with Crippen LogP contribution >= 0.6 is 0 Å². The van der Waals surface area contributed by atoms with Crippen molar-refractivity contribution in [1.82, 2.24) is 0 Å². The van der Waals surface area contributed by atoms with E-state index >= 15 is 0 Å². The molecule has 0 saturated carbocycles. The Morgan fingerprint density at radius 3 is 2.31 bits per heavy atom. The summed E-state index contributed by atoms with van der Waals surface area (Å²) in [6.45, 7) is 1.75. The first-order valence-corrected chi connectivity index (χ1v) is 6.92. The van der Waals surface area contributed by atoms with Gasteiger partial charge in [0.25, 0.3) is 0 Å². The van der Waals surface area contributed by atoms with Crippen molar-refractivity contribution < 1.29 is 13.6 Å². The maximum absolute atomic E-state index is 11.5. The lowest BCUT2D eigenvalue weighted by molar-refractivity contribution is 0.318. The second kappa shape index (κ2) is 5.12. The van der Waals surface area contributed by atoms with Gasteiger partial charge < -0.3 is 5.21 Å². The Bertz CT molecular complexity index is 465. The second-order valence-corrected chi connectivity index (χ2v) is 5.81. The highest BCUT2D eigenvalue weighted by atomic mass is 32.2. The third kappa shape index (κ3) is 2.82. The van der Waals surface area contributed by atoms with Crippen LogP contribution in [0.15, 0.2) is 35.5 Å². The number of hydrogen-bond acceptors (Lipinski definition) is 4. The van der Waals surface area contributed by atoms with Gasteiger partial charge in [-0.15, -0.1) is 0 Å². The number of rotatable bonds is 4. The molecule has 0 radical (unpaired) electrons. The standard InChI is InChI=1S/C11H15NO3S/c1-3-10(16(2,14)15)11(12-13)9-7-5-4-6-8-9/h4-8,10,13H,3H2,1-2H3. The molecule has 0 aliphatic heterocycles. The molecule has 1 N–H and O–H groups in total. The third-order valence-electron chi connectivity index (χ3n) is 2.37. The molecule has 0 amide bonds. The van der Waals surface area contributed by atoms with Gasteiger partial charge in [0.15, 0.2) is 9.84 Å². The fraction of sp³-hybridized carbons (Fsp3) is 0.364. The fourth-order valence-corrected chi connectivity index (χ4v) is 2.81. The van der Waals surface area contributed by atoms with E-state index in [1.807, 2.05) is 6.07 Å². The third-order valence-corrected chi connectivity index (χ3v) is 3.96. The van der Waals surface area contributed by atoms with Crippen LogP contribution in [0.4, 0.5) is 0 Å². The normalized spacial score (nSPS) is 14.8. The summed E-state index contributed by atoms with van der Waals surface area (Å²) in [4.78, 5) is 0. The molecule has 5 heteroatoms. The first-order chi connectivity index (χ1) is 7.50. The van der Waals surface area contributed by atoms with Crippen LogP contribution in [0, 0.1) is 0 Å². The summed E-state index contributed by atoms with van der Waals surface area (Å²) in [5.74, 6) is 0. The molecule has 0 heterocycles. The Morgan fingerprint density at radius 1 is 1.38 bits per heavy atom. The maximum Gasteiger partial charge on any atom is 0.156 e. The van der Waals surface area contributed by atoms with E-state index in [-0.39, 0.29) is 5.71 Å². The van der Waals surface area contributed by atoms with Crippen molar-refractivity contribution in [1.29, 1.82) is 0 Å². The number of oxime groups is 1. The molecular weight excluding hydrogens is 226 g/mol. The van der Waals surface area contributed by atoms with E-state index in [0.717, 1.165) is 6.26 Å². The van der Waals surface area contributed by atoms with E-state index in [4.69, 9.17) is 5.21 Å². The van der Waals surface area contributed by atoms with E-state index in [0.29, 0.717) is 12.0 Å². The van der Waals surface area contributed by atoms with Crippen molar-refractivity contribution in [2.75, 3.05) is 6.26 Å². The van der Waals surface area contributed by atoms with Gasteiger partial charge in [-0.2, -0.15) is 0 Å². The number of hydrogen-bond donors (Lipinski definition) is 1. The highest BCUT2D eigenvalue weighted by Crippen LogP contribution is 2.13. The van der Waals surface area contributed by atoms with Crippen LogP contribution in [0.5, 0.6) is 0 Å². The highest BCUT2D eigenvalue weighted by molar-refractivity contribution is 7.92. The van der Waals surface area contributed by atoms with Gasteiger partial charge in [-0.05, 0) is 6.42 Å². The van der Waals surface area contributed by atoms with Crippen molar-refractivity contribution in [3.8, 4) is 0 Å². The molecule has 0 spiro atoms. The van der Waals surface area contributed by atoms with E-state index < -0.39 is 15.1 Å². The first-order valence-electron chi connectivity index (χ1n) is 4.97. The Hall–Kier alpha value is -1.36. The van der Waals surface area contributed by atoms with Gasteiger partial charge >= 0.3 is 0 Å². The summed E-state index contributed by atoms with van der Waals surface area (Å²) < 4.78 is 23.1. The van der Waals surface area contributed by atoms with E-state index in [1.165, 1.54) is 0 Å². The minimum Gasteiger partial charge on any atom is -0.411 e. The Morgan fingerprint density at radius 2 is 1.94 bits per heavy atom. The molecule has 0 bridgehead atoms. The zero-order valence-corrected chi connectivity index (χ0v) is 10.1. The number of sulfone groups is 1. The first kappa shape index (κ1) is 12.7. The van der Waals surface area contributed by atoms with Gasteiger partial charge in [0, 0.05) is 11.8 Å². The molecule has 4 nitrogen and oxygen atoms in total. The summed E-state index contributed by atoms with van der Waals surface area (Å²) in [7, 11) is -3.27. The molecular formula is C11H15NO3S. The lowest BCUT2D eigenvalue weighted by Gasteiger charge is -2.14. The smallest absolute Gasteiger partial charge is 0.156 e. The number of benzene rings is 1. The summed E-state index contributed by atoms with van der Waals surface area (Å²) in [6, 6.07) is 8.82. The molecule has 0 fully saturated rings. The molecule has 1 unspecified atom stereocenters.